The van der Waals surface area contributed by atoms with Crippen molar-refractivity contribution < 1.29 is 4.74 Å². The summed E-state index contributed by atoms with van der Waals surface area (Å²) in [6, 6.07) is 13.6. The van der Waals surface area contributed by atoms with Crippen LogP contribution in [0, 0.1) is 0 Å². The van der Waals surface area contributed by atoms with Crippen LogP contribution >= 0.6 is 27.5 Å². The number of nitrogens with zero attached hydrogens (tertiary/aromatic N) is 2. The van der Waals surface area contributed by atoms with Gasteiger partial charge < -0.3 is 4.74 Å². The summed E-state index contributed by atoms with van der Waals surface area (Å²) in [5.41, 5.74) is 0. The molecule has 3 nitrogen and oxygen atoms in total. The lowest BCUT2D eigenvalue weighted by Gasteiger charge is -2.09. The largest absolute Gasteiger partial charge is 0.438 e. The molecule has 0 aliphatic heterocycles. The predicted octanol–water partition coefficient (Wildman–Crippen LogP) is 4.84. The molecular weight excluding hydrogens is 328 g/mol. The molecular formula is C14H8BrClN2O. The number of aromatic nitrogens is 2. The Kier molecular flexibility index (Phi) is 3.36. The van der Waals surface area contributed by atoms with E-state index in [0.717, 1.165) is 15.2 Å². The van der Waals surface area contributed by atoms with Crippen LogP contribution in [0.5, 0.6) is 11.6 Å². The van der Waals surface area contributed by atoms with Gasteiger partial charge in [-0.05, 0) is 44.4 Å². The van der Waals surface area contributed by atoms with Gasteiger partial charge in [-0.1, -0.05) is 30.3 Å². The Hall–Kier alpha value is -1.65. The summed E-state index contributed by atoms with van der Waals surface area (Å²) in [7, 11) is 0. The first-order valence-corrected chi connectivity index (χ1v) is 6.75. The molecule has 0 unspecified atom stereocenters. The number of hydrogen-bond acceptors (Lipinski definition) is 3. The van der Waals surface area contributed by atoms with E-state index < -0.39 is 0 Å². The third kappa shape index (κ3) is 2.55. The third-order valence-electron chi connectivity index (χ3n) is 2.64. The third-order valence-corrected chi connectivity index (χ3v) is 3.64. The molecule has 1 aromatic heterocycles. The number of rotatable bonds is 2. The normalized spacial score (nSPS) is 10.6. The molecule has 0 atom stereocenters. The molecule has 0 aliphatic carbocycles. The Morgan fingerprint density at radius 1 is 1.05 bits per heavy atom. The molecule has 1 heterocycles. The fraction of sp³-hybridized carbons (Fsp3) is 0. The van der Waals surface area contributed by atoms with Gasteiger partial charge in [0.1, 0.15) is 5.75 Å². The molecule has 0 saturated heterocycles. The molecule has 94 valence electrons. The zero-order chi connectivity index (χ0) is 13.2. The van der Waals surface area contributed by atoms with Gasteiger partial charge in [0.15, 0.2) is 0 Å². The van der Waals surface area contributed by atoms with Crippen molar-refractivity contribution in [2.24, 2.45) is 0 Å². The van der Waals surface area contributed by atoms with Crippen molar-refractivity contribution in [1.29, 1.82) is 0 Å². The fourth-order valence-electron chi connectivity index (χ4n) is 1.78. The monoisotopic (exact) mass is 334 g/mol. The molecule has 0 bridgehead atoms. The minimum atomic E-state index is 0.161. The van der Waals surface area contributed by atoms with Gasteiger partial charge in [0, 0.05) is 12.3 Å². The SMILES string of the molecule is Clc1nccc(Oc2ccc3ccccc3c2Br)n1. The van der Waals surface area contributed by atoms with E-state index in [4.69, 9.17) is 16.3 Å². The van der Waals surface area contributed by atoms with Gasteiger partial charge in [0.05, 0.1) is 4.47 Å². The lowest BCUT2D eigenvalue weighted by atomic mass is 10.1. The van der Waals surface area contributed by atoms with Gasteiger partial charge >= 0.3 is 0 Å². The predicted molar refractivity (Wildman–Crippen MR) is 78.8 cm³/mol. The van der Waals surface area contributed by atoms with E-state index in [2.05, 4.69) is 25.9 Å². The number of hydrogen-bond donors (Lipinski definition) is 0. The van der Waals surface area contributed by atoms with Crippen molar-refractivity contribution in [3.05, 3.63) is 58.4 Å². The molecule has 0 radical (unpaired) electrons. The lowest BCUT2D eigenvalue weighted by molar-refractivity contribution is 0.459. The number of benzene rings is 2. The first-order chi connectivity index (χ1) is 9.24. The molecule has 2 aromatic carbocycles. The van der Waals surface area contributed by atoms with E-state index in [1.54, 1.807) is 12.3 Å². The quantitative estimate of drug-likeness (QED) is 0.629. The average molecular weight is 336 g/mol. The Morgan fingerprint density at radius 3 is 2.74 bits per heavy atom. The maximum Gasteiger partial charge on any atom is 0.225 e. The van der Waals surface area contributed by atoms with Gasteiger partial charge in [-0.3, -0.25) is 0 Å². The smallest absolute Gasteiger partial charge is 0.225 e. The highest BCUT2D eigenvalue weighted by molar-refractivity contribution is 9.10. The molecule has 0 amide bonds. The van der Waals surface area contributed by atoms with E-state index in [9.17, 15) is 0 Å². The van der Waals surface area contributed by atoms with E-state index in [0.29, 0.717) is 11.6 Å². The Balaban J connectivity index is 2.04. The van der Waals surface area contributed by atoms with Gasteiger partial charge in [0.2, 0.25) is 11.2 Å². The molecule has 0 N–H and O–H groups in total. The lowest BCUT2D eigenvalue weighted by Crippen LogP contribution is -1.90. The number of ether oxygens (including phenoxy) is 1. The molecule has 3 aromatic rings. The van der Waals surface area contributed by atoms with Crippen LogP contribution in [0.15, 0.2) is 53.1 Å². The zero-order valence-corrected chi connectivity index (χ0v) is 12.0. The Morgan fingerprint density at radius 2 is 1.89 bits per heavy atom. The van der Waals surface area contributed by atoms with Crippen molar-refractivity contribution in [2.45, 2.75) is 0 Å². The summed E-state index contributed by atoms with van der Waals surface area (Å²) in [4.78, 5) is 7.82. The van der Waals surface area contributed by atoms with Crippen molar-refractivity contribution >= 4 is 38.3 Å². The van der Waals surface area contributed by atoms with Crippen molar-refractivity contribution in [3.8, 4) is 11.6 Å². The maximum absolute atomic E-state index is 5.73. The number of fused-ring (bicyclic) bond motifs is 1. The summed E-state index contributed by atoms with van der Waals surface area (Å²) in [6.45, 7) is 0. The second-order valence-corrected chi connectivity index (χ2v) is 5.00. The molecule has 5 heteroatoms. The van der Waals surface area contributed by atoms with E-state index in [1.165, 1.54) is 0 Å². The van der Waals surface area contributed by atoms with Crippen LogP contribution in [0.1, 0.15) is 0 Å². The zero-order valence-electron chi connectivity index (χ0n) is 9.68. The fourth-order valence-corrected chi connectivity index (χ4v) is 2.50. The topological polar surface area (TPSA) is 35.0 Å². The molecule has 0 fully saturated rings. The molecule has 0 aliphatic rings. The highest BCUT2D eigenvalue weighted by Gasteiger charge is 2.08. The molecule has 19 heavy (non-hydrogen) atoms. The standard InChI is InChI=1S/C14H8BrClN2O/c15-13-10-4-2-1-3-9(10)5-6-11(13)19-12-7-8-17-14(16)18-12/h1-8H. The van der Waals surface area contributed by atoms with Crippen LogP contribution in [0.25, 0.3) is 10.8 Å². The highest BCUT2D eigenvalue weighted by atomic mass is 79.9. The summed E-state index contributed by atoms with van der Waals surface area (Å²) in [5.74, 6) is 1.10. The summed E-state index contributed by atoms with van der Waals surface area (Å²) < 4.78 is 6.60. The van der Waals surface area contributed by atoms with Crippen molar-refractivity contribution in [3.63, 3.8) is 0 Å². The van der Waals surface area contributed by atoms with Crippen LogP contribution in [0.2, 0.25) is 5.28 Å². The first-order valence-electron chi connectivity index (χ1n) is 5.58. The van der Waals surface area contributed by atoms with Gasteiger partial charge in [-0.2, -0.15) is 4.98 Å². The van der Waals surface area contributed by atoms with E-state index in [1.807, 2.05) is 36.4 Å². The van der Waals surface area contributed by atoms with Crippen LogP contribution in [0.3, 0.4) is 0 Å². The van der Waals surface area contributed by atoms with E-state index in [-0.39, 0.29) is 5.28 Å². The molecule has 0 spiro atoms. The van der Waals surface area contributed by atoms with Crippen LogP contribution in [-0.2, 0) is 0 Å². The summed E-state index contributed by atoms with van der Waals surface area (Å²) in [6.07, 6.45) is 1.56. The summed E-state index contributed by atoms with van der Waals surface area (Å²) >= 11 is 9.29. The minimum Gasteiger partial charge on any atom is -0.438 e. The first kappa shape index (κ1) is 12.4. The Labute approximate surface area is 123 Å². The van der Waals surface area contributed by atoms with Crippen molar-refractivity contribution in [2.75, 3.05) is 0 Å². The van der Waals surface area contributed by atoms with Crippen molar-refractivity contribution in [1.82, 2.24) is 9.97 Å². The summed E-state index contributed by atoms with van der Waals surface area (Å²) in [5, 5.41) is 2.39. The minimum absolute atomic E-state index is 0.161. The Bertz CT molecular complexity index is 748. The van der Waals surface area contributed by atoms with Crippen LogP contribution < -0.4 is 4.74 Å². The van der Waals surface area contributed by atoms with Crippen LogP contribution in [-0.4, -0.2) is 9.97 Å². The van der Waals surface area contributed by atoms with Gasteiger partial charge in [-0.25, -0.2) is 4.98 Å². The maximum atomic E-state index is 5.73. The number of halogens is 2. The molecule has 0 saturated carbocycles. The van der Waals surface area contributed by atoms with Gasteiger partial charge in [-0.15, -0.1) is 0 Å². The van der Waals surface area contributed by atoms with E-state index >= 15 is 0 Å². The molecule has 3 rings (SSSR count). The second-order valence-electron chi connectivity index (χ2n) is 3.86. The van der Waals surface area contributed by atoms with Crippen LogP contribution in [0.4, 0.5) is 0 Å². The average Bonchev–Trinajstić information content (AvgIpc) is 2.42. The van der Waals surface area contributed by atoms with Gasteiger partial charge in [0.25, 0.3) is 0 Å². The highest BCUT2D eigenvalue weighted by Crippen LogP contribution is 2.35. The second kappa shape index (κ2) is 5.15.